The monoisotopic (exact) mass is 361 g/mol. The summed E-state index contributed by atoms with van der Waals surface area (Å²) in [4.78, 5) is 24.4. The molecule has 0 atom stereocenters. The molecular weight excluding hydrogens is 337 g/mol. The molecule has 0 radical (unpaired) electrons. The fourth-order valence-corrected chi connectivity index (χ4v) is 2.35. The van der Waals surface area contributed by atoms with Crippen LogP contribution < -0.4 is 10.7 Å². The lowest BCUT2D eigenvalue weighted by molar-refractivity contribution is 0.0918. The first-order valence-electron chi connectivity index (χ1n) is 8.62. The molecule has 1 aromatic carbocycles. The van der Waals surface area contributed by atoms with Crippen LogP contribution >= 0.6 is 0 Å². The smallest absolute Gasteiger partial charge is 0.275 e. The molecule has 0 fully saturated rings. The van der Waals surface area contributed by atoms with Crippen molar-refractivity contribution in [2.75, 3.05) is 19.8 Å². The molecule has 26 heavy (non-hydrogen) atoms. The highest BCUT2D eigenvalue weighted by atomic mass is 19.1. The Labute approximate surface area is 152 Å². The number of hydrogen-bond acceptors (Lipinski definition) is 4. The Bertz CT molecular complexity index is 818. The van der Waals surface area contributed by atoms with Crippen LogP contribution in [0.25, 0.3) is 5.69 Å². The molecule has 0 aliphatic carbocycles. The maximum Gasteiger partial charge on any atom is 0.275 e. The molecule has 6 nitrogen and oxygen atoms in total. The normalized spacial score (nSPS) is 11.0. The van der Waals surface area contributed by atoms with Crippen LogP contribution in [0.4, 0.5) is 4.39 Å². The Hall–Kier alpha value is -2.54. The van der Waals surface area contributed by atoms with Gasteiger partial charge in [-0.1, -0.05) is 26.0 Å². The van der Waals surface area contributed by atoms with Gasteiger partial charge in [-0.05, 0) is 31.4 Å². The Kier molecular flexibility index (Phi) is 7.03. The first-order valence-corrected chi connectivity index (χ1v) is 8.62. The Morgan fingerprint density at radius 1 is 1.35 bits per heavy atom. The van der Waals surface area contributed by atoms with E-state index in [9.17, 15) is 14.0 Å². The summed E-state index contributed by atoms with van der Waals surface area (Å²) in [5.74, 6) is -0.609. The van der Waals surface area contributed by atoms with Crippen molar-refractivity contribution in [3.05, 3.63) is 57.8 Å². The van der Waals surface area contributed by atoms with Gasteiger partial charge in [-0.3, -0.25) is 9.59 Å². The molecule has 140 valence electrons. The van der Waals surface area contributed by atoms with Gasteiger partial charge in [-0.25, -0.2) is 9.07 Å². The number of carbonyl (C=O) groups excluding carboxylic acids is 1. The molecule has 0 unspecified atom stereocenters. The summed E-state index contributed by atoms with van der Waals surface area (Å²) in [5, 5.41) is 6.71. The molecular formula is C19H24FN3O3. The number of benzene rings is 1. The molecule has 0 saturated carbocycles. The van der Waals surface area contributed by atoms with Crippen LogP contribution in [0, 0.1) is 18.7 Å². The minimum atomic E-state index is -0.580. The highest BCUT2D eigenvalue weighted by Gasteiger charge is 2.16. The summed E-state index contributed by atoms with van der Waals surface area (Å²) >= 11 is 0. The van der Waals surface area contributed by atoms with Crippen LogP contribution in [0.2, 0.25) is 0 Å². The van der Waals surface area contributed by atoms with Crippen molar-refractivity contribution in [3.8, 4) is 5.69 Å². The van der Waals surface area contributed by atoms with Gasteiger partial charge in [0, 0.05) is 31.5 Å². The Morgan fingerprint density at radius 2 is 2.08 bits per heavy atom. The van der Waals surface area contributed by atoms with E-state index in [1.807, 2.05) is 0 Å². The van der Waals surface area contributed by atoms with Crippen molar-refractivity contribution in [2.24, 2.45) is 5.92 Å². The van der Waals surface area contributed by atoms with Gasteiger partial charge < -0.3 is 10.1 Å². The van der Waals surface area contributed by atoms with E-state index < -0.39 is 17.2 Å². The third kappa shape index (κ3) is 5.23. The number of ether oxygens (including phenoxy) is 1. The number of nitrogens with zero attached hydrogens (tertiary/aromatic N) is 2. The summed E-state index contributed by atoms with van der Waals surface area (Å²) in [6, 6.07) is 7.33. The van der Waals surface area contributed by atoms with Gasteiger partial charge >= 0.3 is 0 Å². The lowest BCUT2D eigenvalue weighted by Crippen LogP contribution is -2.33. The molecule has 2 aromatic rings. The summed E-state index contributed by atoms with van der Waals surface area (Å²) in [6.07, 6.45) is 0.631. The zero-order chi connectivity index (χ0) is 19.1. The van der Waals surface area contributed by atoms with Crippen LogP contribution in [-0.2, 0) is 4.74 Å². The number of para-hydroxylation sites is 1. The zero-order valence-corrected chi connectivity index (χ0v) is 15.3. The predicted molar refractivity (Wildman–Crippen MR) is 97.1 cm³/mol. The number of nitrogens with one attached hydrogen (secondary N) is 1. The number of aryl methyl sites for hydroxylation is 1. The van der Waals surface area contributed by atoms with Crippen molar-refractivity contribution in [1.29, 1.82) is 0 Å². The predicted octanol–water partition coefficient (Wildman–Crippen LogP) is 2.47. The molecule has 0 saturated heterocycles. The molecule has 1 N–H and O–H groups in total. The topological polar surface area (TPSA) is 73.2 Å². The van der Waals surface area contributed by atoms with Gasteiger partial charge in [-0.15, -0.1) is 0 Å². The molecule has 0 aliphatic rings. The first kappa shape index (κ1) is 19.8. The van der Waals surface area contributed by atoms with Crippen molar-refractivity contribution in [2.45, 2.75) is 27.2 Å². The quantitative estimate of drug-likeness (QED) is 0.733. The fourth-order valence-electron chi connectivity index (χ4n) is 2.35. The summed E-state index contributed by atoms with van der Waals surface area (Å²) < 4.78 is 20.7. The van der Waals surface area contributed by atoms with E-state index in [1.165, 1.54) is 22.9 Å². The third-order valence-electron chi connectivity index (χ3n) is 3.61. The van der Waals surface area contributed by atoms with Crippen LogP contribution in [0.1, 0.15) is 36.5 Å². The molecule has 1 aromatic heterocycles. The summed E-state index contributed by atoms with van der Waals surface area (Å²) in [5.41, 5.74) is -0.134. The van der Waals surface area contributed by atoms with Gasteiger partial charge in [0.05, 0.1) is 0 Å². The Morgan fingerprint density at radius 3 is 2.77 bits per heavy atom. The fraction of sp³-hybridized carbons (Fsp3) is 0.421. The molecule has 7 heteroatoms. The second-order valence-electron chi connectivity index (χ2n) is 6.44. The Balaban J connectivity index is 2.07. The number of hydrogen-bond donors (Lipinski definition) is 1. The number of amides is 1. The van der Waals surface area contributed by atoms with E-state index >= 15 is 0 Å². The van der Waals surface area contributed by atoms with Gasteiger partial charge in [0.1, 0.15) is 11.5 Å². The van der Waals surface area contributed by atoms with Crippen molar-refractivity contribution in [3.63, 3.8) is 0 Å². The van der Waals surface area contributed by atoms with Crippen LogP contribution in [-0.4, -0.2) is 35.4 Å². The van der Waals surface area contributed by atoms with E-state index in [0.717, 1.165) is 0 Å². The van der Waals surface area contributed by atoms with Gasteiger partial charge in [0.2, 0.25) is 5.43 Å². The second-order valence-corrected chi connectivity index (χ2v) is 6.44. The van der Waals surface area contributed by atoms with Crippen molar-refractivity contribution in [1.82, 2.24) is 15.1 Å². The average molecular weight is 361 g/mol. The minimum absolute atomic E-state index is 0.182. The molecule has 1 amide bonds. The first-order chi connectivity index (χ1) is 12.4. The lowest BCUT2D eigenvalue weighted by Gasteiger charge is -2.12. The largest absolute Gasteiger partial charge is 0.381 e. The van der Waals surface area contributed by atoms with E-state index in [2.05, 4.69) is 24.3 Å². The SMILES string of the molecule is Cc1cc(=O)c(C(=O)NCCCOCC(C)C)nn1-c1ccccc1F. The van der Waals surface area contributed by atoms with E-state index in [-0.39, 0.29) is 11.4 Å². The van der Waals surface area contributed by atoms with E-state index in [1.54, 1.807) is 19.1 Å². The number of rotatable bonds is 8. The van der Waals surface area contributed by atoms with E-state index in [0.29, 0.717) is 37.8 Å². The van der Waals surface area contributed by atoms with Gasteiger partial charge in [-0.2, -0.15) is 5.10 Å². The van der Waals surface area contributed by atoms with Crippen LogP contribution in [0.15, 0.2) is 35.1 Å². The van der Waals surface area contributed by atoms with Gasteiger partial charge in [0.15, 0.2) is 5.69 Å². The highest BCUT2D eigenvalue weighted by Crippen LogP contribution is 2.13. The molecule has 0 bridgehead atoms. The maximum absolute atomic E-state index is 14.0. The molecule has 2 rings (SSSR count). The number of halogens is 1. The van der Waals surface area contributed by atoms with E-state index in [4.69, 9.17) is 4.74 Å². The lowest BCUT2D eigenvalue weighted by atomic mass is 10.2. The van der Waals surface area contributed by atoms with Gasteiger partial charge in [0.25, 0.3) is 5.91 Å². The summed E-state index contributed by atoms with van der Waals surface area (Å²) in [6.45, 7) is 7.32. The third-order valence-corrected chi connectivity index (χ3v) is 3.61. The van der Waals surface area contributed by atoms with Crippen LogP contribution in [0.3, 0.4) is 0 Å². The molecule has 0 spiro atoms. The minimum Gasteiger partial charge on any atom is -0.381 e. The highest BCUT2D eigenvalue weighted by molar-refractivity contribution is 5.92. The second kappa shape index (κ2) is 9.24. The number of carbonyl (C=O) groups is 1. The van der Waals surface area contributed by atoms with Crippen molar-refractivity contribution >= 4 is 5.91 Å². The maximum atomic E-state index is 14.0. The zero-order valence-electron chi connectivity index (χ0n) is 15.3. The van der Waals surface area contributed by atoms with Crippen molar-refractivity contribution < 1.29 is 13.9 Å². The van der Waals surface area contributed by atoms with Crippen LogP contribution in [0.5, 0.6) is 0 Å². The standard InChI is InChI=1S/C19H24FN3O3/c1-13(2)12-26-10-6-9-21-19(25)18-17(24)11-14(3)23(22-18)16-8-5-4-7-15(16)20/h4-5,7-8,11,13H,6,9-10,12H2,1-3H3,(H,21,25). The average Bonchev–Trinajstić information content (AvgIpc) is 2.58. The number of aromatic nitrogens is 2. The summed E-state index contributed by atoms with van der Waals surface area (Å²) in [7, 11) is 0. The molecule has 1 heterocycles. The molecule has 0 aliphatic heterocycles.